The summed E-state index contributed by atoms with van der Waals surface area (Å²) in [4.78, 5) is 4.20. The molecule has 98 valence electrons. The average Bonchev–Trinajstić information content (AvgIpc) is 2.90. The fourth-order valence-corrected chi connectivity index (χ4v) is 2.19. The van der Waals surface area contributed by atoms with Crippen LogP contribution in [0.25, 0.3) is 0 Å². The van der Waals surface area contributed by atoms with Gasteiger partial charge in [0.05, 0.1) is 0 Å². The molecular weight excluding hydrogens is 228 g/mol. The third-order valence-corrected chi connectivity index (χ3v) is 3.00. The lowest BCUT2D eigenvalue weighted by Gasteiger charge is -2.18. The number of aryl methyl sites for hydroxylation is 1. The van der Waals surface area contributed by atoms with Crippen LogP contribution in [0.5, 0.6) is 0 Å². The van der Waals surface area contributed by atoms with Gasteiger partial charge in [-0.3, -0.25) is 0 Å². The molecule has 0 fully saturated rings. The molecular formula is C13H20N4O. The van der Waals surface area contributed by atoms with E-state index in [4.69, 9.17) is 4.52 Å². The van der Waals surface area contributed by atoms with Crippen molar-refractivity contribution >= 4 is 0 Å². The van der Waals surface area contributed by atoms with E-state index in [9.17, 15) is 0 Å². The van der Waals surface area contributed by atoms with Crippen LogP contribution in [-0.2, 0) is 6.54 Å². The molecule has 5 heteroatoms. The largest absolute Gasteiger partial charge is 0.345 e. The lowest BCUT2D eigenvalue weighted by molar-refractivity contribution is 0.367. The van der Waals surface area contributed by atoms with Gasteiger partial charge in [-0.2, -0.15) is 4.98 Å². The second-order valence-electron chi connectivity index (χ2n) is 4.86. The quantitative estimate of drug-likeness (QED) is 0.880. The third-order valence-electron chi connectivity index (χ3n) is 3.00. The van der Waals surface area contributed by atoms with E-state index >= 15 is 0 Å². The van der Waals surface area contributed by atoms with Crippen molar-refractivity contribution < 1.29 is 4.52 Å². The van der Waals surface area contributed by atoms with E-state index in [1.165, 1.54) is 5.56 Å². The van der Waals surface area contributed by atoms with Gasteiger partial charge in [-0.15, -0.1) is 0 Å². The van der Waals surface area contributed by atoms with Gasteiger partial charge in [-0.05, 0) is 31.5 Å². The Kier molecular flexibility index (Phi) is 3.81. The number of nitrogens with one attached hydrogen (secondary N) is 1. The molecule has 2 heterocycles. The molecule has 2 aromatic heterocycles. The van der Waals surface area contributed by atoms with Crippen LogP contribution >= 0.6 is 0 Å². The molecule has 0 aliphatic heterocycles. The predicted molar refractivity (Wildman–Crippen MR) is 69.2 cm³/mol. The first-order valence-electron chi connectivity index (χ1n) is 6.22. The summed E-state index contributed by atoms with van der Waals surface area (Å²) in [5.41, 5.74) is 1.28. The van der Waals surface area contributed by atoms with Crippen molar-refractivity contribution in [2.24, 2.45) is 5.92 Å². The maximum Gasteiger partial charge on any atom is 0.246 e. The highest BCUT2D eigenvalue weighted by molar-refractivity contribution is 5.16. The van der Waals surface area contributed by atoms with Crippen LogP contribution < -0.4 is 5.32 Å². The highest BCUT2D eigenvalue weighted by atomic mass is 16.5. The Labute approximate surface area is 107 Å². The SMILES string of the molecule is CNC(c1ccn(Cc2nc(C)no2)c1)C(C)C. The summed E-state index contributed by atoms with van der Waals surface area (Å²) >= 11 is 0. The zero-order valence-corrected chi connectivity index (χ0v) is 11.3. The second kappa shape index (κ2) is 5.35. The molecule has 0 aliphatic carbocycles. The van der Waals surface area contributed by atoms with Gasteiger partial charge in [0.15, 0.2) is 5.82 Å². The van der Waals surface area contributed by atoms with E-state index < -0.39 is 0 Å². The summed E-state index contributed by atoms with van der Waals surface area (Å²) in [6.07, 6.45) is 4.17. The number of aromatic nitrogens is 3. The molecule has 0 saturated carbocycles. The first kappa shape index (κ1) is 12.8. The molecule has 1 N–H and O–H groups in total. The van der Waals surface area contributed by atoms with Crippen molar-refractivity contribution in [2.75, 3.05) is 7.05 Å². The molecule has 0 amide bonds. The molecule has 0 bridgehead atoms. The Morgan fingerprint density at radius 2 is 2.22 bits per heavy atom. The van der Waals surface area contributed by atoms with Crippen LogP contribution in [-0.4, -0.2) is 21.8 Å². The van der Waals surface area contributed by atoms with E-state index in [0.29, 0.717) is 30.2 Å². The molecule has 0 radical (unpaired) electrons. The highest BCUT2D eigenvalue weighted by Crippen LogP contribution is 2.21. The van der Waals surface area contributed by atoms with E-state index in [2.05, 4.69) is 46.1 Å². The monoisotopic (exact) mass is 248 g/mol. The fraction of sp³-hybridized carbons (Fsp3) is 0.538. The zero-order chi connectivity index (χ0) is 13.1. The van der Waals surface area contributed by atoms with Gasteiger partial charge in [0.1, 0.15) is 6.54 Å². The minimum atomic E-state index is 0.371. The Balaban J connectivity index is 2.10. The molecule has 1 atom stereocenters. The molecule has 0 aromatic carbocycles. The lowest BCUT2D eigenvalue weighted by atomic mass is 9.99. The Hall–Kier alpha value is -1.62. The van der Waals surface area contributed by atoms with Crippen molar-refractivity contribution in [3.63, 3.8) is 0 Å². The highest BCUT2D eigenvalue weighted by Gasteiger charge is 2.14. The van der Waals surface area contributed by atoms with Gasteiger partial charge in [-0.1, -0.05) is 19.0 Å². The van der Waals surface area contributed by atoms with Gasteiger partial charge in [0.2, 0.25) is 5.89 Å². The topological polar surface area (TPSA) is 55.9 Å². The maximum atomic E-state index is 5.11. The van der Waals surface area contributed by atoms with Gasteiger partial charge < -0.3 is 14.4 Å². The standard InChI is InChI=1S/C13H20N4O/c1-9(2)13(14-4)11-5-6-17(7-11)8-12-15-10(3)16-18-12/h5-7,9,13-14H,8H2,1-4H3. The van der Waals surface area contributed by atoms with Crippen LogP contribution in [0.2, 0.25) is 0 Å². The summed E-state index contributed by atoms with van der Waals surface area (Å²) < 4.78 is 7.18. The summed E-state index contributed by atoms with van der Waals surface area (Å²) in [6, 6.07) is 2.50. The number of hydrogen-bond acceptors (Lipinski definition) is 4. The third kappa shape index (κ3) is 2.79. The molecule has 0 saturated heterocycles. The average molecular weight is 248 g/mol. The van der Waals surface area contributed by atoms with Crippen LogP contribution in [0.3, 0.4) is 0 Å². The van der Waals surface area contributed by atoms with Gasteiger partial charge in [-0.25, -0.2) is 0 Å². The van der Waals surface area contributed by atoms with Gasteiger partial charge in [0.25, 0.3) is 0 Å². The van der Waals surface area contributed by atoms with E-state index in [1.54, 1.807) is 0 Å². The molecule has 18 heavy (non-hydrogen) atoms. The van der Waals surface area contributed by atoms with E-state index in [-0.39, 0.29) is 0 Å². The minimum absolute atomic E-state index is 0.371. The van der Waals surface area contributed by atoms with Crippen LogP contribution in [0.1, 0.15) is 37.2 Å². The molecule has 0 aliphatic rings. The number of rotatable bonds is 5. The molecule has 1 unspecified atom stereocenters. The molecule has 0 spiro atoms. The van der Waals surface area contributed by atoms with Crippen LogP contribution in [0.15, 0.2) is 23.0 Å². The fourth-order valence-electron chi connectivity index (χ4n) is 2.19. The summed E-state index contributed by atoms with van der Waals surface area (Å²) in [5, 5.41) is 7.12. The smallest absolute Gasteiger partial charge is 0.246 e. The Morgan fingerprint density at radius 3 is 2.78 bits per heavy atom. The van der Waals surface area contributed by atoms with Crippen LogP contribution in [0, 0.1) is 12.8 Å². The first-order valence-corrected chi connectivity index (χ1v) is 6.22. The van der Waals surface area contributed by atoms with Crippen molar-refractivity contribution in [3.8, 4) is 0 Å². The van der Waals surface area contributed by atoms with Crippen molar-refractivity contribution in [1.29, 1.82) is 0 Å². The van der Waals surface area contributed by atoms with Gasteiger partial charge in [0, 0.05) is 18.4 Å². The second-order valence-corrected chi connectivity index (χ2v) is 4.86. The van der Waals surface area contributed by atoms with Crippen LogP contribution in [0.4, 0.5) is 0 Å². The zero-order valence-electron chi connectivity index (χ0n) is 11.3. The summed E-state index contributed by atoms with van der Waals surface area (Å²) in [7, 11) is 1.99. The Bertz CT molecular complexity index is 501. The minimum Gasteiger partial charge on any atom is -0.345 e. The molecule has 2 aromatic rings. The first-order chi connectivity index (χ1) is 8.60. The predicted octanol–water partition coefficient (Wildman–Crippen LogP) is 2.14. The Morgan fingerprint density at radius 1 is 1.44 bits per heavy atom. The number of nitrogens with zero attached hydrogens (tertiary/aromatic N) is 3. The van der Waals surface area contributed by atoms with Crippen molar-refractivity contribution in [2.45, 2.75) is 33.4 Å². The summed E-state index contributed by atoms with van der Waals surface area (Å²) in [6.45, 7) is 6.86. The number of hydrogen-bond donors (Lipinski definition) is 1. The van der Waals surface area contributed by atoms with Crippen molar-refractivity contribution in [1.82, 2.24) is 20.0 Å². The molecule has 5 nitrogen and oxygen atoms in total. The summed E-state index contributed by atoms with van der Waals surface area (Å²) in [5.74, 6) is 1.87. The lowest BCUT2D eigenvalue weighted by Crippen LogP contribution is -2.21. The molecule has 2 rings (SSSR count). The van der Waals surface area contributed by atoms with Gasteiger partial charge >= 0.3 is 0 Å². The normalized spacial score (nSPS) is 13.2. The maximum absolute atomic E-state index is 5.11. The van der Waals surface area contributed by atoms with Crippen molar-refractivity contribution in [3.05, 3.63) is 35.7 Å². The van der Waals surface area contributed by atoms with E-state index in [1.807, 2.05) is 20.2 Å². The van der Waals surface area contributed by atoms with E-state index in [0.717, 1.165) is 0 Å².